The van der Waals surface area contributed by atoms with Crippen molar-refractivity contribution in [1.82, 2.24) is 5.32 Å². The van der Waals surface area contributed by atoms with Gasteiger partial charge in [-0.15, -0.1) is 0 Å². The average Bonchev–Trinajstić information content (AvgIpc) is 3.00. The molecular formula is C10H11BFNO3. The summed E-state index contributed by atoms with van der Waals surface area (Å²) in [5.74, 6) is -1.05. The van der Waals surface area contributed by atoms with Crippen LogP contribution < -0.4 is 10.8 Å². The van der Waals surface area contributed by atoms with E-state index in [-0.39, 0.29) is 23.0 Å². The van der Waals surface area contributed by atoms with Crippen LogP contribution in [0.1, 0.15) is 23.2 Å². The van der Waals surface area contributed by atoms with Gasteiger partial charge < -0.3 is 15.4 Å². The van der Waals surface area contributed by atoms with Gasteiger partial charge in [0.25, 0.3) is 5.91 Å². The number of amides is 1. The zero-order valence-corrected chi connectivity index (χ0v) is 8.48. The predicted octanol–water partition coefficient (Wildman–Crippen LogP) is -0.602. The Morgan fingerprint density at radius 2 is 2.06 bits per heavy atom. The summed E-state index contributed by atoms with van der Waals surface area (Å²) in [6.07, 6.45) is 1.88. The van der Waals surface area contributed by atoms with E-state index < -0.39 is 12.9 Å². The lowest BCUT2D eigenvalue weighted by Crippen LogP contribution is -2.33. The number of halogens is 1. The number of carbonyl (C=O) groups is 1. The minimum absolute atomic E-state index is 0.0269. The maximum absolute atomic E-state index is 13.1. The van der Waals surface area contributed by atoms with Crippen LogP contribution in [0.25, 0.3) is 0 Å². The Kier molecular flexibility index (Phi) is 2.94. The third kappa shape index (κ3) is 2.59. The van der Waals surface area contributed by atoms with Crippen molar-refractivity contribution in [3.63, 3.8) is 0 Å². The smallest absolute Gasteiger partial charge is 0.423 e. The molecule has 1 aromatic carbocycles. The quantitative estimate of drug-likeness (QED) is 0.599. The summed E-state index contributed by atoms with van der Waals surface area (Å²) in [5.41, 5.74) is 0.0796. The van der Waals surface area contributed by atoms with E-state index in [1.54, 1.807) is 0 Å². The molecule has 1 fully saturated rings. The summed E-state index contributed by atoms with van der Waals surface area (Å²) in [7, 11) is -1.77. The van der Waals surface area contributed by atoms with E-state index in [1.807, 2.05) is 0 Å². The molecule has 1 amide bonds. The maximum atomic E-state index is 13.1. The van der Waals surface area contributed by atoms with Gasteiger partial charge in [-0.3, -0.25) is 4.79 Å². The number of rotatable bonds is 3. The van der Waals surface area contributed by atoms with E-state index in [4.69, 9.17) is 10.0 Å². The van der Waals surface area contributed by atoms with E-state index in [0.717, 1.165) is 25.0 Å². The Morgan fingerprint density at radius 3 is 2.62 bits per heavy atom. The molecule has 1 aliphatic rings. The van der Waals surface area contributed by atoms with E-state index >= 15 is 0 Å². The Bertz CT molecular complexity index is 421. The number of hydrogen-bond acceptors (Lipinski definition) is 3. The number of hydrogen-bond donors (Lipinski definition) is 3. The largest absolute Gasteiger partial charge is 0.488 e. The molecule has 1 saturated carbocycles. The minimum Gasteiger partial charge on any atom is -0.423 e. The Labute approximate surface area is 92.2 Å². The molecule has 2 rings (SSSR count). The van der Waals surface area contributed by atoms with Crippen molar-refractivity contribution in [2.45, 2.75) is 18.9 Å². The highest BCUT2D eigenvalue weighted by molar-refractivity contribution is 6.58. The number of nitrogens with one attached hydrogen (secondary N) is 1. The van der Waals surface area contributed by atoms with E-state index in [9.17, 15) is 9.18 Å². The van der Waals surface area contributed by atoms with Crippen LogP contribution in [0.2, 0.25) is 0 Å². The second-order valence-corrected chi connectivity index (χ2v) is 3.89. The van der Waals surface area contributed by atoms with Crippen LogP contribution in [0, 0.1) is 5.82 Å². The van der Waals surface area contributed by atoms with Gasteiger partial charge in [0.2, 0.25) is 0 Å². The van der Waals surface area contributed by atoms with Gasteiger partial charge in [-0.05, 0) is 36.5 Å². The van der Waals surface area contributed by atoms with Gasteiger partial charge in [-0.1, -0.05) is 0 Å². The molecule has 1 aromatic rings. The normalized spacial score (nSPS) is 14.7. The third-order valence-electron chi connectivity index (χ3n) is 2.39. The molecule has 0 atom stereocenters. The van der Waals surface area contributed by atoms with Crippen molar-refractivity contribution in [3.05, 3.63) is 29.6 Å². The van der Waals surface area contributed by atoms with E-state index in [1.165, 1.54) is 6.07 Å². The van der Waals surface area contributed by atoms with Crippen LogP contribution in [-0.2, 0) is 0 Å². The topological polar surface area (TPSA) is 69.6 Å². The summed E-state index contributed by atoms with van der Waals surface area (Å²) < 4.78 is 13.1. The molecule has 0 saturated heterocycles. The van der Waals surface area contributed by atoms with Crippen molar-refractivity contribution in [1.29, 1.82) is 0 Å². The second-order valence-electron chi connectivity index (χ2n) is 3.89. The highest BCUT2D eigenvalue weighted by atomic mass is 19.1. The molecule has 0 radical (unpaired) electrons. The zero-order chi connectivity index (χ0) is 11.7. The average molecular weight is 223 g/mol. The summed E-state index contributed by atoms with van der Waals surface area (Å²) in [6.45, 7) is 0. The molecule has 0 bridgehead atoms. The molecule has 4 nitrogen and oxygen atoms in total. The second kappa shape index (κ2) is 4.23. The number of benzene rings is 1. The fraction of sp³-hybridized carbons (Fsp3) is 0.300. The van der Waals surface area contributed by atoms with Crippen molar-refractivity contribution >= 4 is 18.5 Å². The first-order valence-electron chi connectivity index (χ1n) is 5.04. The van der Waals surface area contributed by atoms with Gasteiger partial charge in [0.1, 0.15) is 5.82 Å². The van der Waals surface area contributed by atoms with Crippen LogP contribution in [0.3, 0.4) is 0 Å². The molecule has 0 aromatic heterocycles. The Balaban J connectivity index is 2.21. The monoisotopic (exact) mass is 223 g/mol. The molecule has 6 heteroatoms. The molecule has 16 heavy (non-hydrogen) atoms. The highest BCUT2D eigenvalue weighted by Crippen LogP contribution is 2.19. The minimum atomic E-state index is -1.77. The predicted molar refractivity (Wildman–Crippen MR) is 56.7 cm³/mol. The van der Waals surface area contributed by atoms with Gasteiger partial charge in [0, 0.05) is 11.6 Å². The summed E-state index contributed by atoms with van der Waals surface area (Å²) in [5, 5.41) is 20.5. The van der Waals surface area contributed by atoms with Gasteiger partial charge in [0.15, 0.2) is 0 Å². The fourth-order valence-electron chi connectivity index (χ4n) is 1.39. The van der Waals surface area contributed by atoms with E-state index in [2.05, 4.69) is 5.32 Å². The lowest BCUT2D eigenvalue weighted by atomic mass is 9.79. The van der Waals surface area contributed by atoms with Crippen molar-refractivity contribution in [2.24, 2.45) is 0 Å². The van der Waals surface area contributed by atoms with Crippen LogP contribution in [0.4, 0.5) is 4.39 Å². The number of carbonyl (C=O) groups excluding carboxylic acids is 1. The highest BCUT2D eigenvalue weighted by Gasteiger charge is 2.24. The Morgan fingerprint density at radius 1 is 1.38 bits per heavy atom. The molecule has 3 N–H and O–H groups in total. The molecule has 0 unspecified atom stereocenters. The lowest BCUT2D eigenvalue weighted by Gasteiger charge is -2.06. The van der Waals surface area contributed by atoms with Crippen molar-refractivity contribution in [2.75, 3.05) is 0 Å². The zero-order valence-electron chi connectivity index (χ0n) is 8.48. The summed E-state index contributed by atoms with van der Waals surface area (Å²) in [4.78, 5) is 11.6. The van der Waals surface area contributed by atoms with Crippen LogP contribution in [0.15, 0.2) is 18.2 Å². The third-order valence-corrected chi connectivity index (χ3v) is 2.39. The fourth-order valence-corrected chi connectivity index (χ4v) is 1.39. The standard InChI is InChI=1S/C10H11BFNO3/c12-8-4-6(3-7(5-8)11(15)16)10(14)13-9-1-2-9/h3-5,9,15-16H,1-2H2,(H,13,14). The molecule has 0 spiro atoms. The van der Waals surface area contributed by atoms with Gasteiger partial charge in [-0.25, -0.2) is 4.39 Å². The summed E-state index contributed by atoms with van der Waals surface area (Å²) in [6, 6.07) is 3.51. The first kappa shape index (κ1) is 11.1. The SMILES string of the molecule is O=C(NC1CC1)c1cc(F)cc(B(O)O)c1. The van der Waals surface area contributed by atoms with E-state index in [0.29, 0.717) is 0 Å². The lowest BCUT2D eigenvalue weighted by molar-refractivity contribution is 0.0950. The molecule has 84 valence electrons. The van der Waals surface area contributed by atoms with Crippen LogP contribution >= 0.6 is 0 Å². The van der Waals surface area contributed by atoms with Crippen molar-refractivity contribution < 1.29 is 19.2 Å². The van der Waals surface area contributed by atoms with Gasteiger partial charge in [-0.2, -0.15) is 0 Å². The van der Waals surface area contributed by atoms with Gasteiger partial charge >= 0.3 is 7.12 Å². The molecule has 1 aliphatic carbocycles. The Hall–Kier alpha value is -1.40. The molecule has 0 heterocycles. The molecule has 0 aliphatic heterocycles. The van der Waals surface area contributed by atoms with Gasteiger partial charge in [0.05, 0.1) is 0 Å². The van der Waals surface area contributed by atoms with Crippen molar-refractivity contribution in [3.8, 4) is 0 Å². The summed E-state index contributed by atoms with van der Waals surface area (Å²) >= 11 is 0. The first-order valence-corrected chi connectivity index (χ1v) is 5.04. The molecular weight excluding hydrogens is 212 g/mol. The van der Waals surface area contributed by atoms with Crippen LogP contribution in [0.5, 0.6) is 0 Å². The van der Waals surface area contributed by atoms with Crippen LogP contribution in [-0.4, -0.2) is 29.1 Å². The first-order chi connectivity index (χ1) is 7.56. The maximum Gasteiger partial charge on any atom is 0.488 e.